The Bertz CT molecular complexity index is 411. The molecule has 0 radical (unpaired) electrons. The van der Waals surface area contributed by atoms with E-state index in [-0.39, 0.29) is 11.4 Å². The van der Waals surface area contributed by atoms with Gasteiger partial charge in [-0.1, -0.05) is 19.3 Å². The van der Waals surface area contributed by atoms with Crippen LogP contribution < -0.4 is 11.2 Å². The molecule has 4 heteroatoms. The van der Waals surface area contributed by atoms with E-state index in [4.69, 9.17) is 5.73 Å². The first-order valence-corrected chi connectivity index (χ1v) is 6.74. The minimum absolute atomic E-state index is 0.0156. The molecule has 100 valence electrons. The highest BCUT2D eigenvalue weighted by Gasteiger charge is 2.30. The number of carbonyl (C=O) groups excluding carboxylic acids is 1. The number of carbonyl (C=O) groups is 1. The smallest absolute Gasteiger partial charge is 0.240 e. The van der Waals surface area contributed by atoms with Crippen molar-refractivity contribution >= 4 is 5.91 Å². The second kappa shape index (κ2) is 5.14. The molecule has 1 heterocycles. The molecule has 0 atom stereocenters. The van der Waals surface area contributed by atoms with Gasteiger partial charge < -0.3 is 5.73 Å². The summed E-state index contributed by atoms with van der Waals surface area (Å²) >= 11 is 0. The van der Waals surface area contributed by atoms with Crippen LogP contribution in [0.5, 0.6) is 0 Å². The maximum atomic E-state index is 12.1. The Labute approximate surface area is 109 Å². The van der Waals surface area contributed by atoms with Gasteiger partial charge in [-0.05, 0) is 38.8 Å². The average Bonchev–Trinajstić information content (AvgIpc) is 2.61. The molecular weight excluding hydrogens is 226 g/mol. The third kappa shape index (κ3) is 2.93. The molecule has 0 aromatic carbocycles. The number of nitrogens with zero attached hydrogens (tertiary/aromatic N) is 1. The molecule has 1 amide bonds. The van der Waals surface area contributed by atoms with Crippen molar-refractivity contribution in [3.63, 3.8) is 0 Å². The highest BCUT2D eigenvalue weighted by atomic mass is 16.2. The predicted octanol–water partition coefficient (Wildman–Crippen LogP) is 2.23. The lowest BCUT2D eigenvalue weighted by atomic mass is 9.80. The summed E-state index contributed by atoms with van der Waals surface area (Å²) in [5.74, 6) is 0.0156. The fourth-order valence-corrected chi connectivity index (χ4v) is 2.76. The van der Waals surface area contributed by atoms with Crippen LogP contribution in [0.3, 0.4) is 0 Å². The standard InChI is InChI=1S/C14H23N3O/c1-11-6-7-12(2)17(11)16-13(18)10-14(15)8-4-3-5-9-14/h6-7H,3-5,8-10,15H2,1-2H3,(H,16,18). The Morgan fingerprint density at radius 1 is 1.28 bits per heavy atom. The highest BCUT2D eigenvalue weighted by Crippen LogP contribution is 2.28. The molecule has 1 aliphatic rings. The first-order chi connectivity index (χ1) is 8.50. The fourth-order valence-electron chi connectivity index (χ4n) is 2.76. The lowest BCUT2D eigenvalue weighted by Crippen LogP contribution is -2.45. The van der Waals surface area contributed by atoms with Crippen molar-refractivity contribution in [1.82, 2.24) is 4.68 Å². The molecule has 4 nitrogen and oxygen atoms in total. The maximum Gasteiger partial charge on any atom is 0.240 e. The summed E-state index contributed by atoms with van der Waals surface area (Å²) in [6.07, 6.45) is 5.88. The lowest BCUT2D eigenvalue weighted by molar-refractivity contribution is -0.118. The van der Waals surface area contributed by atoms with Crippen LogP contribution in [0.1, 0.15) is 49.9 Å². The maximum absolute atomic E-state index is 12.1. The van der Waals surface area contributed by atoms with Crippen molar-refractivity contribution in [2.45, 2.75) is 57.9 Å². The molecule has 1 fully saturated rings. The largest absolute Gasteiger partial charge is 0.325 e. The summed E-state index contributed by atoms with van der Waals surface area (Å²) in [6.45, 7) is 3.96. The molecule has 0 saturated heterocycles. The Morgan fingerprint density at radius 3 is 2.39 bits per heavy atom. The van der Waals surface area contributed by atoms with Crippen LogP contribution >= 0.6 is 0 Å². The SMILES string of the molecule is Cc1ccc(C)n1NC(=O)CC1(N)CCCCC1. The van der Waals surface area contributed by atoms with Gasteiger partial charge in [-0.2, -0.15) is 0 Å². The summed E-state index contributed by atoms with van der Waals surface area (Å²) in [7, 11) is 0. The van der Waals surface area contributed by atoms with Crippen LogP contribution in [0, 0.1) is 13.8 Å². The van der Waals surface area contributed by atoms with Crippen LogP contribution in [0.4, 0.5) is 0 Å². The van der Waals surface area contributed by atoms with Gasteiger partial charge in [0.25, 0.3) is 0 Å². The number of aryl methyl sites for hydroxylation is 2. The molecule has 0 bridgehead atoms. The molecule has 3 N–H and O–H groups in total. The highest BCUT2D eigenvalue weighted by molar-refractivity contribution is 5.84. The number of hydrogen-bond acceptors (Lipinski definition) is 2. The van der Waals surface area contributed by atoms with Gasteiger partial charge in [-0.15, -0.1) is 0 Å². The van der Waals surface area contributed by atoms with Crippen LogP contribution in [-0.2, 0) is 4.79 Å². The van der Waals surface area contributed by atoms with Gasteiger partial charge >= 0.3 is 0 Å². The fraction of sp³-hybridized carbons (Fsp3) is 0.643. The van der Waals surface area contributed by atoms with Crippen LogP contribution in [0.2, 0.25) is 0 Å². The monoisotopic (exact) mass is 249 g/mol. The summed E-state index contributed by atoms with van der Waals surface area (Å²) in [4.78, 5) is 12.1. The van der Waals surface area contributed by atoms with Gasteiger partial charge in [0.05, 0.1) is 0 Å². The Balaban J connectivity index is 1.96. The number of hydrogen-bond donors (Lipinski definition) is 2. The quantitative estimate of drug-likeness (QED) is 0.863. The zero-order chi connectivity index (χ0) is 13.2. The predicted molar refractivity (Wildman–Crippen MR) is 72.9 cm³/mol. The van der Waals surface area contributed by atoms with Gasteiger partial charge in [-0.3, -0.25) is 14.9 Å². The van der Waals surface area contributed by atoms with Gasteiger partial charge in [0.15, 0.2) is 0 Å². The Morgan fingerprint density at radius 2 is 1.83 bits per heavy atom. The van der Waals surface area contributed by atoms with E-state index in [1.54, 1.807) is 0 Å². The molecule has 0 spiro atoms. The first-order valence-electron chi connectivity index (χ1n) is 6.74. The Kier molecular flexibility index (Phi) is 3.76. The molecule has 1 saturated carbocycles. The van der Waals surface area contributed by atoms with E-state index < -0.39 is 0 Å². The van der Waals surface area contributed by atoms with E-state index in [1.165, 1.54) is 6.42 Å². The van der Waals surface area contributed by atoms with Gasteiger partial charge in [0.2, 0.25) is 5.91 Å². The summed E-state index contributed by atoms with van der Waals surface area (Å²) in [5.41, 5.74) is 11.0. The normalized spacial score (nSPS) is 18.6. The van der Waals surface area contributed by atoms with Crippen molar-refractivity contribution in [2.75, 3.05) is 5.43 Å². The first kappa shape index (κ1) is 13.1. The van der Waals surface area contributed by atoms with E-state index in [1.807, 2.05) is 30.7 Å². The zero-order valence-corrected chi connectivity index (χ0v) is 11.3. The number of aromatic nitrogens is 1. The van der Waals surface area contributed by atoms with E-state index in [2.05, 4.69) is 5.43 Å². The van der Waals surface area contributed by atoms with Crippen LogP contribution in [-0.4, -0.2) is 16.1 Å². The van der Waals surface area contributed by atoms with Crippen molar-refractivity contribution in [3.8, 4) is 0 Å². The van der Waals surface area contributed by atoms with E-state index in [9.17, 15) is 4.79 Å². The lowest BCUT2D eigenvalue weighted by Gasteiger charge is -2.32. The zero-order valence-electron chi connectivity index (χ0n) is 11.3. The van der Waals surface area contributed by atoms with E-state index in [0.717, 1.165) is 37.1 Å². The molecule has 0 unspecified atom stereocenters. The van der Waals surface area contributed by atoms with Crippen molar-refractivity contribution in [1.29, 1.82) is 0 Å². The third-order valence-corrected chi connectivity index (χ3v) is 3.87. The topological polar surface area (TPSA) is 60.0 Å². The van der Waals surface area contributed by atoms with Crippen LogP contribution in [0.25, 0.3) is 0 Å². The van der Waals surface area contributed by atoms with Crippen LogP contribution in [0.15, 0.2) is 12.1 Å². The van der Waals surface area contributed by atoms with Gasteiger partial charge in [-0.25, -0.2) is 0 Å². The molecule has 2 rings (SSSR count). The summed E-state index contributed by atoms with van der Waals surface area (Å²) in [5, 5.41) is 0. The second-order valence-electron chi connectivity index (χ2n) is 5.59. The average molecular weight is 249 g/mol. The van der Waals surface area contributed by atoms with E-state index in [0.29, 0.717) is 6.42 Å². The number of rotatable bonds is 3. The van der Waals surface area contributed by atoms with Crippen molar-refractivity contribution in [2.24, 2.45) is 5.73 Å². The second-order valence-corrected chi connectivity index (χ2v) is 5.59. The molecular formula is C14H23N3O. The molecule has 0 aliphatic heterocycles. The number of nitrogens with two attached hydrogens (primary N) is 1. The third-order valence-electron chi connectivity index (χ3n) is 3.87. The Hall–Kier alpha value is -1.29. The van der Waals surface area contributed by atoms with Gasteiger partial charge in [0.1, 0.15) is 0 Å². The van der Waals surface area contributed by atoms with Gasteiger partial charge in [0, 0.05) is 23.3 Å². The molecule has 1 aliphatic carbocycles. The minimum atomic E-state index is -0.294. The number of amides is 1. The number of nitrogens with one attached hydrogen (secondary N) is 1. The van der Waals surface area contributed by atoms with E-state index >= 15 is 0 Å². The van der Waals surface area contributed by atoms with Crippen molar-refractivity contribution in [3.05, 3.63) is 23.5 Å². The van der Waals surface area contributed by atoms with Crippen molar-refractivity contribution < 1.29 is 4.79 Å². The summed E-state index contributed by atoms with van der Waals surface area (Å²) < 4.78 is 1.83. The molecule has 1 aromatic heterocycles. The minimum Gasteiger partial charge on any atom is -0.325 e. The summed E-state index contributed by atoms with van der Waals surface area (Å²) in [6, 6.07) is 3.99. The molecule has 18 heavy (non-hydrogen) atoms. The molecule has 1 aromatic rings.